The van der Waals surface area contributed by atoms with Gasteiger partial charge < -0.3 is 10.3 Å². The molecule has 2 rings (SSSR count). The number of aromatic amines is 1. The topological polar surface area (TPSA) is 82.2 Å². The first-order chi connectivity index (χ1) is 7.04. The summed E-state index contributed by atoms with van der Waals surface area (Å²) in [5, 5.41) is 3.56. The van der Waals surface area contributed by atoms with Gasteiger partial charge in [-0.2, -0.15) is 8.42 Å². The van der Waals surface area contributed by atoms with Gasteiger partial charge in [0.1, 0.15) is 11.7 Å². The van der Waals surface area contributed by atoms with E-state index in [1.165, 1.54) is 0 Å². The Morgan fingerprint density at radius 1 is 1.33 bits per heavy atom. The fourth-order valence-electron chi connectivity index (χ4n) is 1.34. The number of para-hydroxylation sites is 1. The second-order valence-corrected chi connectivity index (χ2v) is 4.63. The highest BCUT2D eigenvalue weighted by molar-refractivity contribution is 7.85. The number of fused-ring (bicyclic) bond motifs is 1. The van der Waals surface area contributed by atoms with Crippen molar-refractivity contribution in [3.63, 3.8) is 0 Å². The highest BCUT2D eigenvalue weighted by atomic mass is 32.2. The molecule has 0 radical (unpaired) electrons. The summed E-state index contributed by atoms with van der Waals surface area (Å²) in [7, 11) is -3.99. The first-order valence-electron chi connectivity index (χ1n) is 4.31. The van der Waals surface area contributed by atoms with E-state index < -0.39 is 16.0 Å². The molecule has 0 saturated heterocycles. The Labute approximate surface area is 86.9 Å². The van der Waals surface area contributed by atoms with E-state index in [0.29, 0.717) is 5.82 Å². The molecule has 1 heterocycles. The van der Waals surface area contributed by atoms with Crippen LogP contribution in [0.3, 0.4) is 0 Å². The molecule has 0 aliphatic carbocycles. The molecule has 0 unspecified atom stereocenters. The monoisotopic (exact) mass is 226 g/mol. The molecule has 0 spiro atoms. The summed E-state index contributed by atoms with van der Waals surface area (Å²) < 4.78 is 29.5. The third kappa shape index (κ3) is 2.48. The summed E-state index contributed by atoms with van der Waals surface area (Å²) in [5.41, 5.74) is 0.912. The van der Waals surface area contributed by atoms with Gasteiger partial charge in [0.05, 0.1) is 0 Å². The van der Waals surface area contributed by atoms with Crippen molar-refractivity contribution in [1.29, 1.82) is 0 Å². The lowest BCUT2D eigenvalue weighted by atomic mass is 10.2. The molecule has 80 valence electrons. The summed E-state index contributed by atoms with van der Waals surface area (Å²) in [6.07, 6.45) is 0. The van der Waals surface area contributed by atoms with E-state index in [2.05, 4.69) is 10.3 Å². The van der Waals surface area contributed by atoms with E-state index >= 15 is 0 Å². The van der Waals surface area contributed by atoms with Gasteiger partial charge >= 0.3 is 0 Å². The normalized spacial score (nSPS) is 11.8. The number of benzene rings is 1. The summed E-state index contributed by atoms with van der Waals surface area (Å²) in [6.45, 7) is 0. The van der Waals surface area contributed by atoms with Crippen molar-refractivity contribution < 1.29 is 13.0 Å². The van der Waals surface area contributed by atoms with Gasteiger partial charge in [0.2, 0.25) is 0 Å². The molecule has 2 aromatic rings. The number of anilines is 1. The van der Waals surface area contributed by atoms with E-state index in [1.807, 2.05) is 24.3 Å². The van der Waals surface area contributed by atoms with Gasteiger partial charge in [-0.05, 0) is 12.1 Å². The Bertz CT molecular complexity index is 541. The lowest BCUT2D eigenvalue weighted by molar-refractivity contribution is 0.485. The van der Waals surface area contributed by atoms with Crippen molar-refractivity contribution >= 4 is 26.8 Å². The second-order valence-electron chi connectivity index (χ2n) is 3.17. The molecule has 0 aliphatic rings. The fourth-order valence-corrected chi connectivity index (χ4v) is 1.68. The maximum Gasteiger partial charge on any atom is 0.283 e. The van der Waals surface area contributed by atoms with Gasteiger partial charge in [0.15, 0.2) is 0 Å². The summed E-state index contributed by atoms with van der Waals surface area (Å²) in [5.74, 6) is 0.0636. The van der Waals surface area contributed by atoms with Crippen LogP contribution in [0.4, 0.5) is 5.82 Å². The predicted molar refractivity (Wildman–Crippen MR) is 58.3 cm³/mol. The first kappa shape index (κ1) is 10.0. The molecule has 0 bridgehead atoms. The van der Waals surface area contributed by atoms with Crippen LogP contribution in [0, 0.1) is 0 Å². The highest BCUT2D eigenvalue weighted by Crippen LogP contribution is 2.17. The van der Waals surface area contributed by atoms with Crippen molar-refractivity contribution in [2.45, 2.75) is 0 Å². The summed E-state index contributed by atoms with van der Waals surface area (Å²) in [6, 6.07) is 9.34. The Morgan fingerprint density at radius 2 is 2.07 bits per heavy atom. The zero-order valence-electron chi connectivity index (χ0n) is 7.77. The summed E-state index contributed by atoms with van der Waals surface area (Å²) >= 11 is 0. The van der Waals surface area contributed by atoms with Crippen LogP contribution in [-0.4, -0.2) is 23.8 Å². The number of hydrogen-bond donors (Lipinski definition) is 3. The Hall–Kier alpha value is -1.53. The first-order valence-corrected chi connectivity index (χ1v) is 5.92. The minimum absolute atomic E-state index is 0.500. The number of H-pyrrole nitrogens is 1. The van der Waals surface area contributed by atoms with Crippen molar-refractivity contribution in [3.8, 4) is 0 Å². The molecule has 1 aromatic heterocycles. The standard InChI is InChI=1S/C9H10N2O3S/c12-15(13,14)6-10-9-5-7-3-1-2-4-8(7)11-9/h1-5,10-11H,6H2,(H,12,13,14). The molecule has 6 heteroatoms. The van der Waals surface area contributed by atoms with Gasteiger partial charge in [-0.1, -0.05) is 18.2 Å². The Kier molecular flexibility index (Phi) is 2.37. The van der Waals surface area contributed by atoms with Crippen LogP contribution in [0.1, 0.15) is 0 Å². The van der Waals surface area contributed by atoms with Gasteiger partial charge in [0, 0.05) is 10.9 Å². The van der Waals surface area contributed by atoms with E-state index in [-0.39, 0.29) is 0 Å². The van der Waals surface area contributed by atoms with E-state index in [1.54, 1.807) is 6.07 Å². The Morgan fingerprint density at radius 3 is 2.73 bits per heavy atom. The van der Waals surface area contributed by atoms with Crippen LogP contribution in [-0.2, 0) is 10.1 Å². The molecule has 0 saturated carbocycles. The van der Waals surface area contributed by atoms with Crippen molar-refractivity contribution in [2.75, 3.05) is 11.2 Å². The van der Waals surface area contributed by atoms with Crippen LogP contribution >= 0.6 is 0 Å². The van der Waals surface area contributed by atoms with Crippen molar-refractivity contribution in [3.05, 3.63) is 30.3 Å². The van der Waals surface area contributed by atoms with Gasteiger partial charge in [-0.15, -0.1) is 0 Å². The van der Waals surface area contributed by atoms with E-state index in [4.69, 9.17) is 4.55 Å². The number of rotatable bonds is 3. The zero-order valence-corrected chi connectivity index (χ0v) is 8.58. The van der Waals surface area contributed by atoms with Crippen LogP contribution < -0.4 is 5.32 Å². The van der Waals surface area contributed by atoms with Gasteiger partial charge in [-0.25, -0.2) is 0 Å². The van der Waals surface area contributed by atoms with E-state index in [0.717, 1.165) is 10.9 Å². The average Bonchev–Trinajstić information content (AvgIpc) is 2.56. The fraction of sp³-hybridized carbons (Fsp3) is 0.111. The molecule has 1 aromatic carbocycles. The lowest BCUT2D eigenvalue weighted by Gasteiger charge is -1.99. The van der Waals surface area contributed by atoms with Crippen molar-refractivity contribution in [1.82, 2.24) is 4.98 Å². The molecule has 0 amide bonds. The largest absolute Gasteiger partial charge is 0.356 e. The predicted octanol–water partition coefficient (Wildman–Crippen LogP) is 1.43. The molecule has 3 N–H and O–H groups in total. The van der Waals surface area contributed by atoms with Crippen LogP contribution in [0.15, 0.2) is 30.3 Å². The van der Waals surface area contributed by atoms with Crippen LogP contribution in [0.25, 0.3) is 10.9 Å². The molecular formula is C9H10N2O3S. The Balaban J connectivity index is 2.23. The lowest BCUT2D eigenvalue weighted by Crippen LogP contribution is -2.12. The molecule has 5 nitrogen and oxygen atoms in total. The number of aromatic nitrogens is 1. The van der Waals surface area contributed by atoms with Crippen LogP contribution in [0.5, 0.6) is 0 Å². The molecule has 0 atom stereocenters. The maximum atomic E-state index is 10.5. The minimum atomic E-state index is -3.99. The highest BCUT2D eigenvalue weighted by Gasteiger charge is 2.05. The number of hydrogen-bond acceptors (Lipinski definition) is 3. The average molecular weight is 226 g/mol. The van der Waals surface area contributed by atoms with E-state index in [9.17, 15) is 8.42 Å². The second kappa shape index (κ2) is 3.56. The molecular weight excluding hydrogens is 216 g/mol. The molecule has 0 fully saturated rings. The summed E-state index contributed by atoms with van der Waals surface area (Å²) in [4.78, 5) is 2.98. The minimum Gasteiger partial charge on any atom is -0.356 e. The SMILES string of the molecule is O=S(=O)(O)CNc1cc2ccccc2[nH]1. The van der Waals surface area contributed by atoms with Gasteiger partial charge in [0.25, 0.3) is 10.1 Å². The molecule has 0 aliphatic heterocycles. The third-order valence-corrected chi connectivity index (χ3v) is 2.48. The number of nitrogens with one attached hydrogen (secondary N) is 2. The molecule has 15 heavy (non-hydrogen) atoms. The quantitative estimate of drug-likeness (QED) is 0.691. The van der Waals surface area contributed by atoms with Crippen LogP contribution in [0.2, 0.25) is 0 Å². The smallest absolute Gasteiger partial charge is 0.283 e. The third-order valence-electron chi connectivity index (χ3n) is 1.97. The maximum absolute atomic E-state index is 10.5. The van der Waals surface area contributed by atoms with Crippen molar-refractivity contribution in [2.24, 2.45) is 0 Å². The zero-order chi connectivity index (χ0) is 10.9. The van der Waals surface area contributed by atoms with Gasteiger partial charge in [-0.3, -0.25) is 4.55 Å².